The standard InChI is InChI=1S/C15H13Cl3N2O2/c1-9-12(15(18)20(2)19-9)5-6-14(21)22-8-10-3-4-11(16)7-13(10)17/h3-7H,8H2,1-2H3/b6-5+. The largest absolute Gasteiger partial charge is 0.458 e. The maximum Gasteiger partial charge on any atom is 0.331 e. The quantitative estimate of drug-likeness (QED) is 0.598. The van der Waals surface area contributed by atoms with Crippen LogP contribution in [-0.2, 0) is 23.2 Å². The van der Waals surface area contributed by atoms with Crippen molar-refractivity contribution < 1.29 is 9.53 Å². The summed E-state index contributed by atoms with van der Waals surface area (Å²) in [4.78, 5) is 11.7. The minimum atomic E-state index is -0.495. The molecule has 1 heterocycles. The first-order valence-electron chi connectivity index (χ1n) is 6.36. The Kier molecular flexibility index (Phi) is 5.51. The fourth-order valence-electron chi connectivity index (χ4n) is 1.82. The van der Waals surface area contributed by atoms with Gasteiger partial charge in [0, 0.05) is 34.3 Å². The Bertz CT molecular complexity index is 739. The van der Waals surface area contributed by atoms with E-state index in [-0.39, 0.29) is 6.61 Å². The van der Waals surface area contributed by atoms with Crippen LogP contribution in [0.4, 0.5) is 0 Å². The van der Waals surface area contributed by atoms with E-state index >= 15 is 0 Å². The molecule has 0 amide bonds. The van der Waals surface area contributed by atoms with Gasteiger partial charge in [0.25, 0.3) is 0 Å². The molecular weight excluding hydrogens is 347 g/mol. The maximum absolute atomic E-state index is 11.7. The van der Waals surface area contributed by atoms with E-state index in [1.807, 2.05) is 6.92 Å². The second kappa shape index (κ2) is 7.18. The molecule has 0 aliphatic carbocycles. The predicted octanol–water partition coefficient (Wildman–Crippen LogP) is 4.45. The van der Waals surface area contributed by atoms with Crippen molar-refractivity contribution >= 4 is 46.8 Å². The number of aryl methyl sites for hydroxylation is 2. The number of aromatic nitrogens is 2. The van der Waals surface area contributed by atoms with Crippen molar-refractivity contribution in [2.45, 2.75) is 13.5 Å². The minimum absolute atomic E-state index is 0.0684. The average Bonchev–Trinajstić information content (AvgIpc) is 2.69. The summed E-state index contributed by atoms with van der Waals surface area (Å²) < 4.78 is 6.67. The second-order valence-electron chi connectivity index (χ2n) is 4.59. The molecule has 0 aliphatic heterocycles. The summed E-state index contributed by atoms with van der Waals surface area (Å²) in [6.07, 6.45) is 2.89. The van der Waals surface area contributed by atoms with E-state index in [1.165, 1.54) is 10.8 Å². The van der Waals surface area contributed by atoms with Crippen LogP contribution >= 0.6 is 34.8 Å². The molecule has 4 nitrogen and oxygen atoms in total. The molecule has 0 N–H and O–H groups in total. The number of halogens is 3. The van der Waals surface area contributed by atoms with Gasteiger partial charge in [-0.1, -0.05) is 40.9 Å². The number of carbonyl (C=O) groups excluding carboxylic acids is 1. The number of hydrogen-bond donors (Lipinski definition) is 0. The van der Waals surface area contributed by atoms with E-state index < -0.39 is 5.97 Å². The van der Waals surface area contributed by atoms with Crippen molar-refractivity contribution in [3.63, 3.8) is 0 Å². The summed E-state index contributed by atoms with van der Waals surface area (Å²) in [5, 5.41) is 5.60. The van der Waals surface area contributed by atoms with Gasteiger partial charge in [-0.25, -0.2) is 4.79 Å². The molecule has 22 heavy (non-hydrogen) atoms. The summed E-state index contributed by atoms with van der Waals surface area (Å²) in [5.41, 5.74) is 2.10. The van der Waals surface area contributed by atoms with Crippen LogP contribution in [0.2, 0.25) is 15.2 Å². The number of carbonyl (C=O) groups is 1. The molecular formula is C15H13Cl3N2O2. The van der Waals surface area contributed by atoms with Gasteiger partial charge in [-0.05, 0) is 25.1 Å². The van der Waals surface area contributed by atoms with Gasteiger partial charge < -0.3 is 4.74 Å². The number of ether oxygens (including phenoxy) is 1. The van der Waals surface area contributed by atoms with Crippen molar-refractivity contribution in [3.05, 3.63) is 56.3 Å². The first-order chi connectivity index (χ1) is 10.4. The molecule has 0 radical (unpaired) electrons. The summed E-state index contributed by atoms with van der Waals surface area (Å²) in [5.74, 6) is -0.495. The molecule has 0 bridgehead atoms. The molecule has 0 unspecified atom stereocenters. The molecule has 0 saturated heterocycles. The molecule has 2 aromatic rings. The van der Waals surface area contributed by atoms with Crippen molar-refractivity contribution in [2.24, 2.45) is 7.05 Å². The van der Waals surface area contributed by atoms with Gasteiger partial charge in [0.1, 0.15) is 11.8 Å². The highest BCUT2D eigenvalue weighted by molar-refractivity contribution is 6.35. The van der Waals surface area contributed by atoms with Gasteiger partial charge in [-0.15, -0.1) is 0 Å². The maximum atomic E-state index is 11.7. The van der Waals surface area contributed by atoms with Crippen LogP contribution in [0.25, 0.3) is 6.08 Å². The molecule has 0 fully saturated rings. The zero-order valence-electron chi connectivity index (χ0n) is 11.9. The Labute approximate surface area is 143 Å². The van der Waals surface area contributed by atoms with Crippen LogP contribution in [0, 0.1) is 6.92 Å². The number of rotatable bonds is 4. The van der Waals surface area contributed by atoms with Gasteiger partial charge in [-0.2, -0.15) is 5.10 Å². The zero-order chi connectivity index (χ0) is 16.3. The summed E-state index contributed by atoms with van der Waals surface area (Å²) in [7, 11) is 1.73. The second-order valence-corrected chi connectivity index (χ2v) is 5.79. The molecule has 0 atom stereocenters. The van der Waals surface area contributed by atoms with E-state index in [2.05, 4.69) is 5.10 Å². The van der Waals surface area contributed by atoms with Gasteiger partial charge in [0.2, 0.25) is 0 Å². The molecule has 1 aromatic carbocycles. The molecule has 1 aromatic heterocycles. The van der Waals surface area contributed by atoms with Crippen molar-refractivity contribution in [2.75, 3.05) is 0 Å². The topological polar surface area (TPSA) is 44.1 Å². The lowest BCUT2D eigenvalue weighted by Crippen LogP contribution is -2.01. The number of benzene rings is 1. The van der Waals surface area contributed by atoms with Gasteiger partial charge in [-0.3, -0.25) is 4.68 Å². The zero-order valence-corrected chi connectivity index (χ0v) is 14.2. The molecule has 0 aliphatic rings. The highest BCUT2D eigenvalue weighted by Gasteiger charge is 2.09. The van der Waals surface area contributed by atoms with E-state index in [4.69, 9.17) is 39.5 Å². The normalized spacial score (nSPS) is 11.1. The lowest BCUT2D eigenvalue weighted by molar-refractivity contribution is -0.138. The Morgan fingerprint density at radius 1 is 1.36 bits per heavy atom. The van der Waals surface area contributed by atoms with Crippen LogP contribution in [0.1, 0.15) is 16.8 Å². The van der Waals surface area contributed by atoms with Crippen LogP contribution in [0.15, 0.2) is 24.3 Å². The fraction of sp³-hybridized carbons (Fsp3) is 0.200. The minimum Gasteiger partial charge on any atom is -0.458 e. The lowest BCUT2D eigenvalue weighted by Gasteiger charge is -2.05. The first-order valence-corrected chi connectivity index (χ1v) is 7.49. The van der Waals surface area contributed by atoms with Crippen LogP contribution in [-0.4, -0.2) is 15.7 Å². The van der Waals surface area contributed by atoms with Crippen molar-refractivity contribution in [3.8, 4) is 0 Å². The van der Waals surface area contributed by atoms with E-state index in [0.717, 1.165) is 5.69 Å². The summed E-state index contributed by atoms with van der Waals surface area (Å²) >= 11 is 17.9. The first kappa shape index (κ1) is 16.9. The third kappa shape index (κ3) is 4.03. The SMILES string of the molecule is Cc1nn(C)c(Cl)c1/C=C/C(=O)OCc1ccc(Cl)cc1Cl. The van der Waals surface area contributed by atoms with Gasteiger partial charge >= 0.3 is 5.97 Å². The van der Waals surface area contributed by atoms with E-state index in [0.29, 0.717) is 26.3 Å². The molecule has 116 valence electrons. The number of nitrogens with zero attached hydrogens (tertiary/aromatic N) is 2. The highest BCUT2D eigenvalue weighted by Crippen LogP contribution is 2.22. The average molecular weight is 360 g/mol. The van der Waals surface area contributed by atoms with Crippen molar-refractivity contribution in [1.29, 1.82) is 0 Å². The summed E-state index contributed by atoms with van der Waals surface area (Å²) in [6.45, 7) is 1.88. The monoisotopic (exact) mass is 358 g/mol. The highest BCUT2D eigenvalue weighted by atomic mass is 35.5. The van der Waals surface area contributed by atoms with Gasteiger partial charge in [0.15, 0.2) is 0 Å². The van der Waals surface area contributed by atoms with E-state index in [1.54, 1.807) is 31.3 Å². The molecule has 0 spiro atoms. The third-order valence-electron chi connectivity index (χ3n) is 2.97. The third-order valence-corrected chi connectivity index (χ3v) is 4.00. The van der Waals surface area contributed by atoms with Crippen molar-refractivity contribution in [1.82, 2.24) is 9.78 Å². The number of hydrogen-bond acceptors (Lipinski definition) is 3. The fourth-order valence-corrected chi connectivity index (χ4v) is 2.52. The van der Waals surface area contributed by atoms with Gasteiger partial charge in [0.05, 0.1) is 5.69 Å². The molecule has 0 saturated carbocycles. The summed E-state index contributed by atoms with van der Waals surface area (Å²) in [6, 6.07) is 5.00. The Morgan fingerprint density at radius 3 is 2.68 bits per heavy atom. The Balaban J connectivity index is 1.99. The molecule has 2 rings (SSSR count). The number of esters is 1. The Hall–Kier alpha value is -1.49. The van der Waals surface area contributed by atoms with Crippen LogP contribution in [0.5, 0.6) is 0 Å². The van der Waals surface area contributed by atoms with Crippen LogP contribution < -0.4 is 0 Å². The predicted molar refractivity (Wildman–Crippen MR) is 88.2 cm³/mol. The smallest absolute Gasteiger partial charge is 0.331 e. The Morgan fingerprint density at radius 2 is 2.09 bits per heavy atom. The van der Waals surface area contributed by atoms with Crippen LogP contribution in [0.3, 0.4) is 0 Å². The molecule has 7 heteroatoms. The lowest BCUT2D eigenvalue weighted by atomic mass is 10.2. The van der Waals surface area contributed by atoms with E-state index in [9.17, 15) is 4.79 Å².